The summed E-state index contributed by atoms with van der Waals surface area (Å²) in [6.07, 6.45) is -4.53. The molecule has 0 spiro atoms. The minimum Gasteiger partial charge on any atom is -0.790 e. The fourth-order valence-corrected chi connectivity index (χ4v) is 0.597. The smallest absolute Gasteiger partial charge is 0.435 e. The fraction of sp³-hybridized carbons (Fsp3) is 0.400. The van der Waals surface area contributed by atoms with Crippen LogP contribution in [0.15, 0.2) is 6.07 Å². The average molecular weight is 165 g/mol. The van der Waals surface area contributed by atoms with E-state index in [9.17, 15) is 18.4 Å². The van der Waals surface area contributed by atoms with E-state index >= 15 is 0 Å². The molecule has 0 saturated carbocycles. The highest BCUT2D eigenvalue weighted by molar-refractivity contribution is 5.12. The monoisotopic (exact) mass is 165 g/mol. The summed E-state index contributed by atoms with van der Waals surface area (Å²) >= 11 is 0. The molecule has 0 aliphatic heterocycles. The van der Waals surface area contributed by atoms with E-state index in [0.29, 0.717) is 6.07 Å². The third-order valence-corrected chi connectivity index (χ3v) is 1.14. The van der Waals surface area contributed by atoms with E-state index in [1.54, 1.807) is 0 Å². The van der Waals surface area contributed by atoms with Crippen LogP contribution >= 0.6 is 0 Å². The number of aromatic nitrogens is 2. The molecule has 3 nitrogen and oxygen atoms in total. The van der Waals surface area contributed by atoms with Crippen molar-refractivity contribution in [3.05, 3.63) is 22.7 Å². The molecular formula is C5H4F3N2O-. The summed E-state index contributed by atoms with van der Waals surface area (Å²) in [5.74, 6) is 0. The minimum absolute atomic E-state index is 0.0528. The summed E-state index contributed by atoms with van der Waals surface area (Å²) in [7, 11) is 0. The number of rotatable bonds is 0. The van der Waals surface area contributed by atoms with E-state index in [-0.39, 0.29) is 10.5 Å². The summed E-state index contributed by atoms with van der Waals surface area (Å²) < 4.78 is 35.3. The number of nitrogens with zero attached hydrogens (tertiary/aromatic N) is 2. The summed E-state index contributed by atoms with van der Waals surface area (Å²) in [6.45, 7) is 1.26. The second-order valence-corrected chi connectivity index (χ2v) is 2.04. The van der Waals surface area contributed by atoms with Gasteiger partial charge in [-0.15, -0.1) is 0 Å². The molecule has 1 aromatic rings. The lowest BCUT2D eigenvalue weighted by Crippen LogP contribution is -2.06. The summed E-state index contributed by atoms with van der Waals surface area (Å²) in [5.41, 5.74) is -1.21. The Labute approximate surface area is 60.0 Å². The largest absolute Gasteiger partial charge is 0.790 e. The Hall–Kier alpha value is -1.20. The second kappa shape index (κ2) is 2.14. The van der Waals surface area contributed by atoms with Crippen molar-refractivity contribution in [3.63, 3.8) is 0 Å². The predicted octanol–water partition coefficient (Wildman–Crippen LogP) is 1.56. The van der Waals surface area contributed by atoms with E-state index in [4.69, 9.17) is 0 Å². The Balaban J connectivity index is 3.08. The van der Waals surface area contributed by atoms with Gasteiger partial charge in [-0.1, -0.05) is 0 Å². The molecular weight excluding hydrogens is 161 g/mol. The standard InChI is InChI=1S/C5H4F3N2O/c1-3-2-4(5(6,7)8)9-10(3)11/h2H,1H3/q-1. The van der Waals surface area contributed by atoms with Gasteiger partial charge < -0.3 is 5.21 Å². The molecule has 0 bridgehead atoms. The molecule has 0 N–H and O–H groups in total. The van der Waals surface area contributed by atoms with Crippen molar-refractivity contribution in [1.82, 2.24) is 9.94 Å². The van der Waals surface area contributed by atoms with Crippen LogP contribution in [-0.2, 0) is 6.18 Å². The molecule has 0 aromatic carbocycles. The lowest BCUT2D eigenvalue weighted by Gasteiger charge is -2.05. The van der Waals surface area contributed by atoms with Crippen LogP contribution in [0.25, 0.3) is 0 Å². The maximum atomic E-state index is 11.8. The van der Waals surface area contributed by atoms with Gasteiger partial charge in [-0.3, -0.25) is 4.85 Å². The normalized spacial score (nSPS) is 12.0. The molecule has 0 fully saturated rings. The maximum absolute atomic E-state index is 11.8. The fourth-order valence-electron chi connectivity index (χ4n) is 0.597. The predicted molar refractivity (Wildman–Crippen MR) is 30.7 cm³/mol. The van der Waals surface area contributed by atoms with Crippen LogP contribution in [0.2, 0.25) is 0 Å². The second-order valence-electron chi connectivity index (χ2n) is 2.04. The van der Waals surface area contributed by atoms with Crippen molar-refractivity contribution < 1.29 is 13.2 Å². The molecule has 0 saturated heterocycles. The van der Waals surface area contributed by atoms with Crippen molar-refractivity contribution in [2.45, 2.75) is 13.1 Å². The molecule has 0 amide bonds. The van der Waals surface area contributed by atoms with Gasteiger partial charge in [-0.05, 0) is 13.0 Å². The lowest BCUT2D eigenvalue weighted by molar-refractivity contribution is -0.141. The maximum Gasteiger partial charge on any atom is 0.435 e. The van der Waals surface area contributed by atoms with Crippen molar-refractivity contribution in [3.8, 4) is 0 Å². The van der Waals surface area contributed by atoms with Gasteiger partial charge in [-0.2, -0.15) is 18.3 Å². The molecule has 1 rings (SSSR count). The number of hydrogen-bond acceptors (Lipinski definition) is 2. The zero-order valence-corrected chi connectivity index (χ0v) is 5.51. The molecule has 11 heavy (non-hydrogen) atoms. The van der Waals surface area contributed by atoms with E-state index in [1.165, 1.54) is 6.92 Å². The van der Waals surface area contributed by atoms with Gasteiger partial charge >= 0.3 is 6.18 Å². The highest BCUT2D eigenvalue weighted by Crippen LogP contribution is 2.27. The van der Waals surface area contributed by atoms with Crippen LogP contribution in [0.4, 0.5) is 13.2 Å². The van der Waals surface area contributed by atoms with E-state index in [0.717, 1.165) is 0 Å². The Bertz CT molecular complexity index is 246. The zero-order valence-electron chi connectivity index (χ0n) is 5.51. The van der Waals surface area contributed by atoms with Gasteiger partial charge in [-0.25, -0.2) is 0 Å². The Morgan fingerprint density at radius 3 is 2.27 bits per heavy atom. The third-order valence-electron chi connectivity index (χ3n) is 1.14. The van der Waals surface area contributed by atoms with Gasteiger partial charge in [0.2, 0.25) is 0 Å². The zero-order chi connectivity index (χ0) is 8.65. The number of hydrogen-bond donors (Lipinski definition) is 0. The number of alkyl halides is 3. The van der Waals surface area contributed by atoms with Crippen LogP contribution < -0.4 is 0 Å². The molecule has 62 valence electrons. The average Bonchev–Trinajstić information content (AvgIpc) is 2.11. The molecule has 0 atom stereocenters. The SMILES string of the molecule is Cc1cc(C(F)(F)F)nn1[O-]. The third kappa shape index (κ3) is 1.44. The first-order valence-electron chi connectivity index (χ1n) is 2.72. The highest BCUT2D eigenvalue weighted by Gasteiger charge is 2.33. The van der Waals surface area contributed by atoms with Crippen molar-refractivity contribution in [2.24, 2.45) is 0 Å². The van der Waals surface area contributed by atoms with Gasteiger partial charge in [0.25, 0.3) is 0 Å². The van der Waals surface area contributed by atoms with Crippen molar-refractivity contribution in [2.75, 3.05) is 0 Å². The van der Waals surface area contributed by atoms with Gasteiger partial charge in [0.15, 0.2) is 5.69 Å². The first-order valence-corrected chi connectivity index (χ1v) is 2.72. The van der Waals surface area contributed by atoms with Crippen LogP contribution in [0.1, 0.15) is 11.4 Å². The van der Waals surface area contributed by atoms with Crippen LogP contribution in [0, 0.1) is 12.1 Å². The van der Waals surface area contributed by atoms with Crippen LogP contribution in [0.5, 0.6) is 0 Å². The summed E-state index contributed by atoms with van der Waals surface area (Å²) in [6, 6.07) is 0.701. The minimum atomic E-state index is -4.53. The Morgan fingerprint density at radius 1 is 1.55 bits per heavy atom. The number of halogens is 3. The molecule has 0 radical (unpaired) electrons. The first-order chi connectivity index (χ1) is 4.91. The van der Waals surface area contributed by atoms with Crippen molar-refractivity contribution >= 4 is 0 Å². The molecule has 1 aromatic heterocycles. The van der Waals surface area contributed by atoms with E-state index in [2.05, 4.69) is 5.10 Å². The van der Waals surface area contributed by atoms with Gasteiger partial charge in [0.1, 0.15) is 0 Å². The summed E-state index contributed by atoms with van der Waals surface area (Å²) in [5, 5.41) is 13.1. The van der Waals surface area contributed by atoms with Gasteiger partial charge in [0.05, 0.1) is 0 Å². The Morgan fingerprint density at radius 2 is 2.09 bits per heavy atom. The lowest BCUT2D eigenvalue weighted by atomic mass is 10.4. The molecule has 0 unspecified atom stereocenters. The topological polar surface area (TPSA) is 40.9 Å². The molecule has 6 heteroatoms. The first kappa shape index (κ1) is 7.90. The number of aryl methyl sites for hydroxylation is 1. The van der Waals surface area contributed by atoms with Crippen molar-refractivity contribution in [1.29, 1.82) is 0 Å². The highest BCUT2D eigenvalue weighted by atomic mass is 19.4. The summed E-state index contributed by atoms with van der Waals surface area (Å²) in [4.78, 5) is -0.0528. The van der Waals surface area contributed by atoms with Crippen LogP contribution in [0.3, 0.4) is 0 Å². The molecule has 1 heterocycles. The molecule has 0 aliphatic carbocycles. The van der Waals surface area contributed by atoms with Gasteiger partial charge in [0, 0.05) is 5.69 Å². The van der Waals surface area contributed by atoms with E-state index < -0.39 is 11.9 Å². The quantitative estimate of drug-likeness (QED) is 0.585. The van der Waals surface area contributed by atoms with E-state index in [1.807, 2.05) is 0 Å². The molecule has 0 aliphatic rings. The Kier molecular flexibility index (Phi) is 1.54. The van der Waals surface area contributed by atoms with Crippen LogP contribution in [-0.4, -0.2) is 9.94 Å².